The number of carbonyl (C=O) groups is 1. The molecule has 3 rings (SSSR count). The van der Waals surface area contributed by atoms with E-state index in [0.29, 0.717) is 11.1 Å². The molecule has 0 saturated carbocycles. The number of fused-ring (bicyclic) bond motifs is 1. The van der Waals surface area contributed by atoms with Crippen LogP contribution in [-0.4, -0.2) is 28.5 Å². The maximum Gasteiger partial charge on any atom is 0.411 e. The van der Waals surface area contributed by atoms with Gasteiger partial charge in [0.1, 0.15) is 6.61 Å². The van der Waals surface area contributed by atoms with Gasteiger partial charge in [-0.1, -0.05) is 12.1 Å². The van der Waals surface area contributed by atoms with Gasteiger partial charge >= 0.3 is 6.18 Å². The molecule has 5 nitrogen and oxygen atoms in total. The van der Waals surface area contributed by atoms with E-state index in [1.807, 2.05) is 11.7 Å². The third-order valence-electron chi connectivity index (χ3n) is 4.43. The SMILES string of the molecule is Cn1ncc2c1CCC[C@H]2NC(=O)c1ccc(COCC(F)(F)F)cc1. The minimum absolute atomic E-state index is 0.0743. The summed E-state index contributed by atoms with van der Waals surface area (Å²) in [6.45, 7) is -1.44. The summed E-state index contributed by atoms with van der Waals surface area (Å²) in [7, 11) is 1.89. The first kappa shape index (κ1) is 18.4. The molecule has 26 heavy (non-hydrogen) atoms. The van der Waals surface area contributed by atoms with Gasteiger partial charge in [0.25, 0.3) is 5.91 Å². The lowest BCUT2D eigenvalue weighted by atomic mass is 9.92. The molecule has 1 aromatic heterocycles. The van der Waals surface area contributed by atoms with Gasteiger partial charge in [-0.2, -0.15) is 18.3 Å². The molecule has 2 aromatic rings. The molecular formula is C18H20F3N3O2. The Labute approximate surface area is 149 Å². The van der Waals surface area contributed by atoms with E-state index in [1.165, 1.54) is 0 Å². The van der Waals surface area contributed by atoms with Gasteiger partial charge in [0.15, 0.2) is 0 Å². The number of ether oxygens (including phenoxy) is 1. The van der Waals surface area contributed by atoms with Crippen molar-refractivity contribution >= 4 is 5.91 Å². The number of aryl methyl sites for hydroxylation is 1. The van der Waals surface area contributed by atoms with Crippen LogP contribution in [-0.2, 0) is 24.8 Å². The summed E-state index contributed by atoms with van der Waals surface area (Å²) in [5.41, 5.74) is 3.22. The second-order valence-corrected chi connectivity index (χ2v) is 6.39. The molecular weight excluding hydrogens is 347 g/mol. The Morgan fingerprint density at radius 1 is 1.35 bits per heavy atom. The van der Waals surface area contributed by atoms with Gasteiger partial charge in [-0.25, -0.2) is 0 Å². The first-order valence-corrected chi connectivity index (χ1v) is 8.38. The fourth-order valence-electron chi connectivity index (χ4n) is 3.13. The number of aromatic nitrogens is 2. The summed E-state index contributed by atoms with van der Waals surface area (Å²) in [6.07, 6.45) is 0.233. The van der Waals surface area contributed by atoms with Crippen LogP contribution in [0.4, 0.5) is 13.2 Å². The van der Waals surface area contributed by atoms with Crippen molar-refractivity contribution in [2.45, 2.75) is 38.1 Å². The Morgan fingerprint density at radius 3 is 2.77 bits per heavy atom. The van der Waals surface area contributed by atoms with E-state index < -0.39 is 12.8 Å². The van der Waals surface area contributed by atoms with Crippen LogP contribution in [0.3, 0.4) is 0 Å². The number of hydrogen-bond acceptors (Lipinski definition) is 3. The van der Waals surface area contributed by atoms with Gasteiger partial charge in [0.2, 0.25) is 0 Å². The van der Waals surface area contributed by atoms with Crippen LogP contribution in [0.1, 0.15) is 46.1 Å². The van der Waals surface area contributed by atoms with E-state index in [4.69, 9.17) is 0 Å². The molecule has 0 fully saturated rings. The number of alkyl halides is 3. The zero-order valence-corrected chi connectivity index (χ0v) is 14.3. The maximum absolute atomic E-state index is 12.5. The highest BCUT2D eigenvalue weighted by molar-refractivity contribution is 5.94. The number of carbonyl (C=O) groups excluding carboxylic acids is 1. The van der Waals surface area contributed by atoms with Gasteiger partial charge in [-0.15, -0.1) is 0 Å². The summed E-state index contributed by atoms with van der Waals surface area (Å²) >= 11 is 0. The standard InChI is InChI=1S/C18H20F3N3O2/c1-24-16-4-2-3-15(14(16)9-22-24)23-17(25)13-7-5-12(6-8-13)10-26-11-18(19,20)21/h5-9,15H,2-4,10-11H2,1H3,(H,23,25)/t15-/m1/s1. The molecule has 1 atom stereocenters. The zero-order valence-electron chi connectivity index (χ0n) is 14.3. The van der Waals surface area contributed by atoms with Crippen LogP contribution in [0, 0.1) is 0 Å². The van der Waals surface area contributed by atoms with Crippen molar-refractivity contribution in [3.05, 3.63) is 52.8 Å². The minimum atomic E-state index is -4.34. The predicted molar refractivity (Wildman–Crippen MR) is 88.5 cm³/mol. The van der Waals surface area contributed by atoms with Gasteiger partial charge in [-0.3, -0.25) is 9.48 Å². The summed E-state index contributed by atoms with van der Waals surface area (Å²) in [5.74, 6) is -0.213. The average Bonchev–Trinajstić information content (AvgIpc) is 2.97. The second-order valence-electron chi connectivity index (χ2n) is 6.39. The number of benzene rings is 1. The highest BCUT2D eigenvalue weighted by Crippen LogP contribution is 2.29. The topological polar surface area (TPSA) is 56.2 Å². The Hall–Kier alpha value is -2.35. The molecule has 8 heteroatoms. The number of rotatable bonds is 5. The van der Waals surface area contributed by atoms with Gasteiger partial charge in [-0.05, 0) is 37.0 Å². The number of nitrogens with zero attached hydrogens (tertiary/aromatic N) is 2. The number of hydrogen-bond donors (Lipinski definition) is 1. The Balaban J connectivity index is 1.59. The molecule has 1 N–H and O–H groups in total. The average molecular weight is 367 g/mol. The highest BCUT2D eigenvalue weighted by Gasteiger charge is 2.27. The lowest BCUT2D eigenvalue weighted by Crippen LogP contribution is -2.30. The van der Waals surface area contributed by atoms with Crippen molar-refractivity contribution < 1.29 is 22.7 Å². The fourth-order valence-corrected chi connectivity index (χ4v) is 3.13. The van der Waals surface area contributed by atoms with Crippen molar-refractivity contribution in [2.24, 2.45) is 7.05 Å². The molecule has 0 radical (unpaired) electrons. The van der Waals surface area contributed by atoms with Crippen LogP contribution in [0.2, 0.25) is 0 Å². The van der Waals surface area contributed by atoms with Crippen molar-refractivity contribution in [1.82, 2.24) is 15.1 Å². The van der Waals surface area contributed by atoms with Crippen molar-refractivity contribution in [1.29, 1.82) is 0 Å². The van der Waals surface area contributed by atoms with Gasteiger partial charge < -0.3 is 10.1 Å². The van der Waals surface area contributed by atoms with E-state index in [9.17, 15) is 18.0 Å². The molecule has 0 unspecified atom stereocenters. The van der Waals surface area contributed by atoms with E-state index in [-0.39, 0.29) is 18.6 Å². The summed E-state index contributed by atoms with van der Waals surface area (Å²) in [6, 6.07) is 6.31. The monoisotopic (exact) mass is 367 g/mol. The third kappa shape index (κ3) is 4.43. The Kier molecular flexibility index (Phi) is 5.31. The van der Waals surface area contributed by atoms with Crippen LogP contribution in [0.5, 0.6) is 0 Å². The van der Waals surface area contributed by atoms with Crippen LogP contribution in [0.15, 0.2) is 30.5 Å². The lowest BCUT2D eigenvalue weighted by Gasteiger charge is -2.23. The Morgan fingerprint density at radius 2 is 2.08 bits per heavy atom. The van der Waals surface area contributed by atoms with E-state index in [2.05, 4.69) is 15.2 Å². The second kappa shape index (κ2) is 7.49. The molecule has 140 valence electrons. The minimum Gasteiger partial charge on any atom is -0.367 e. The zero-order chi connectivity index (χ0) is 18.7. The normalized spacial score (nSPS) is 17.0. The summed E-state index contributed by atoms with van der Waals surface area (Å²) in [4.78, 5) is 12.5. The number of halogens is 3. The lowest BCUT2D eigenvalue weighted by molar-refractivity contribution is -0.176. The van der Waals surface area contributed by atoms with Crippen molar-refractivity contribution in [2.75, 3.05) is 6.61 Å². The van der Waals surface area contributed by atoms with E-state index in [0.717, 1.165) is 30.5 Å². The molecule has 1 amide bonds. The molecule has 0 saturated heterocycles. The number of nitrogens with one attached hydrogen (secondary N) is 1. The highest BCUT2D eigenvalue weighted by atomic mass is 19.4. The Bertz CT molecular complexity index is 769. The van der Waals surface area contributed by atoms with Crippen molar-refractivity contribution in [3.8, 4) is 0 Å². The quantitative estimate of drug-likeness (QED) is 0.882. The summed E-state index contributed by atoms with van der Waals surface area (Å²) < 4.78 is 42.7. The molecule has 0 spiro atoms. The van der Waals surface area contributed by atoms with E-state index in [1.54, 1.807) is 30.5 Å². The van der Waals surface area contributed by atoms with Gasteiger partial charge in [0, 0.05) is 23.9 Å². The number of amides is 1. The molecule has 1 aliphatic carbocycles. The molecule has 1 aliphatic rings. The molecule has 0 bridgehead atoms. The van der Waals surface area contributed by atoms with E-state index >= 15 is 0 Å². The van der Waals surface area contributed by atoms with Crippen LogP contribution >= 0.6 is 0 Å². The van der Waals surface area contributed by atoms with Gasteiger partial charge in [0.05, 0.1) is 18.8 Å². The molecule has 1 heterocycles. The maximum atomic E-state index is 12.5. The predicted octanol–water partition coefficient (Wildman–Crippen LogP) is 3.31. The van der Waals surface area contributed by atoms with Crippen LogP contribution < -0.4 is 5.32 Å². The first-order chi connectivity index (χ1) is 12.3. The third-order valence-corrected chi connectivity index (χ3v) is 4.43. The van der Waals surface area contributed by atoms with Crippen LogP contribution in [0.25, 0.3) is 0 Å². The molecule has 0 aliphatic heterocycles. The van der Waals surface area contributed by atoms with Crippen molar-refractivity contribution in [3.63, 3.8) is 0 Å². The largest absolute Gasteiger partial charge is 0.411 e. The summed E-state index contributed by atoms with van der Waals surface area (Å²) in [5, 5.41) is 7.27. The molecule has 1 aromatic carbocycles. The fraction of sp³-hybridized carbons (Fsp3) is 0.444. The first-order valence-electron chi connectivity index (χ1n) is 8.38. The smallest absolute Gasteiger partial charge is 0.367 e.